The number of hydrogen-bond donors (Lipinski definition) is 2. The lowest BCUT2D eigenvalue weighted by atomic mass is 9.95. The fourth-order valence-electron chi connectivity index (χ4n) is 3.30. The van der Waals surface area contributed by atoms with Gasteiger partial charge in [-0.15, -0.1) is 0 Å². The maximum atomic E-state index is 12.4. The van der Waals surface area contributed by atoms with Gasteiger partial charge in [0.25, 0.3) is 0 Å². The lowest BCUT2D eigenvalue weighted by Crippen LogP contribution is -2.52. The van der Waals surface area contributed by atoms with Gasteiger partial charge in [-0.25, -0.2) is 0 Å². The van der Waals surface area contributed by atoms with Crippen LogP contribution in [0.25, 0.3) is 0 Å². The largest absolute Gasteiger partial charge is 0.379 e. The van der Waals surface area contributed by atoms with Gasteiger partial charge in [-0.2, -0.15) is 0 Å². The number of carbonyl (C=O) groups excluding carboxylic acids is 1. The topological polar surface area (TPSA) is 50.4 Å². The Kier molecular flexibility index (Phi) is 4.03. The molecular weight excluding hydrogens is 252 g/mol. The van der Waals surface area contributed by atoms with Gasteiger partial charge in [0.05, 0.1) is 18.2 Å². The molecule has 4 heteroatoms. The SMILES string of the molecule is COC1CCCC1NC(=O)[C@H]1Cc2ccccc2CN1. The summed E-state index contributed by atoms with van der Waals surface area (Å²) >= 11 is 0. The number of methoxy groups -OCH3 is 1. The summed E-state index contributed by atoms with van der Waals surface area (Å²) in [6.45, 7) is 0.770. The summed E-state index contributed by atoms with van der Waals surface area (Å²) in [5, 5.41) is 6.48. The predicted molar refractivity (Wildman–Crippen MR) is 77.4 cm³/mol. The Hall–Kier alpha value is -1.39. The van der Waals surface area contributed by atoms with E-state index in [4.69, 9.17) is 4.74 Å². The second kappa shape index (κ2) is 5.94. The minimum atomic E-state index is -0.122. The van der Waals surface area contributed by atoms with Gasteiger partial charge in [-0.05, 0) is 36.8 Å². The molecule has 1 aliphatic carbocycles. The molecule has 2 unspecified atom stereocenters. The summed E-state index contributed by atoms with van der Waals surface area (Å²) in [5.41, 5.74) is 2.58. The molecule has 20 heavy (non-hydrogen) atoms. The monoisotopic (exact) mass is 274 g/mol. The summed E-state index contributed by atoms with van der Waals surface area (Å²) in [6.07, 6.45) is 4.14. The van der Waals surface area contributed by atoms with E-state index in [0.717, 1.165) is 32.2 Å². The van der Waals surface area contributed by atoms with Crippen LogP contribution in [0.1, 0.15) is 30.4 Å². The van der Waals surface area contributed by atoms with Crippen molar-refractivity contribution in [2.75, 3.05) is 7.11 Å². The van der Waals surface area contributed by atoms with Gasteiger partial charge < -0.3 is 15.4 Å². The van der Waals surface area contributed by atoms with Crippen molar-refractivity contribution in [2.24, 2.45) is 0 Å². The minimum absolute atomic E-state index is 0.105. The highest BCUT2D eigenvalue weighted by molar-refractivity contribution is 5.82. The van der Waals surface area contributed by atoms with E-state index in [9.17, 15) is 4.79 Å². The molecule has 1 aliphatic heterocycles. The Morgan fingerprint density at radius 1 is 1.30 bits per heavy atom. The second-order valence-electron chi connectivity index (χ2n) is 5.73. The molecule has 3 atom stereocenters. The number of carbonyl (C=O) groups is 1. The summed E-state index contributed by atoms with van der Waals surface area (Å²) < 4.78 is 5.43. The Morgan fingerprint density at radius 3 is 2.90 bits per heavy atom. The van der Waals surface area contributed by atoms with E-state index in [1.54, 1.807) is 7.11 Å². The third-order valence-electron chi connectivity index (χ3n) is 4.48. The van der Waals surface area contributed by atoms with Crippen molar-refractivity contribution in [2.45, 2.75) is 50.4 Å². The Bertz CT molecular complexity index is 489. The minimum Gasteiger partial charge on any atom is -0.379 e. The van der Waals surface area contributed by atoms with Crippen LogP contribution in [-0.2, 0) is 22.5 Å². The normalized spacial score (nSPS) is 28.9. The summed E-state index contributed by atoms with van der Waals surface area (Å²) in [7, 11) is 1.73. The third-order valence-corrected chi connectivity index (χ3v) is 4.48. The Balaban J connectivity index is 1.61. The van der Waals surface area contributed by atoms with Gasteiger partial charge in [0, 0.05) is 13.7 Å². The van der Waals surface area contributed by atoms with Crippen LogP contribution in [0.3, 0.4) is 0 Å². The van der Waals surface area contributed by atoms with E-state index >= 15 is 0 Å². The first-order valence-corrected chi connectivity index (χ1v) is 7.41. The van der Waals surface area contributed by atoms with Gasteiger partial charge in [0.1, 0.15) is 0 Å². The van der Waals surface area contributed by atoms with Gasteiger partial charge in [-0.1, -0.05) is 24.3 Å². The average Bonchev–Trinajstić information content (AvgIpc) is 2.94. The standard InChI is InChI=1S/C16H22N2O2/c1-20-15-8-4-7-13(15)18-16(19)14-9-11-5-2-3-6-12(11)10-17-14/h2-3,5-6,13-15,17H,4,7-10H2,1H3,(H,18,19)/t13?,14-,15?/m1/s1. The third kappa shape index (κ3) is 2.72. The molecular formula is C16H22N2O2. The van der Waals surface area contributed by atoms with Crippen LogP contribution in [0, 0.1) is 0 Å². The maximum Gasteiger partial charge on any atom is 0.237 e. The molecule has 1 aromatic rings. The molecule has 1 heterocycles. The van der Waals surface area contributed by atoms with E-state index < -0.39 is 0 Å². The Morgan fingerprint density at radius 2 is 2.10 bits per heavy atom. The summed E-state index contributed by atoms with van der Waals surface area (Å²) in [6, 6.07) is 8.37. The first-order valence-electron chi connectivity index (χ1n) is 7.41. The van der Waals surface area contributed by atoms with Crippen LogP contribution >= 0.6 is 0 Å². The molecule has 2 N–H and O–H groups in total. The van der Waals surface area contributed by atoms with Crippen molar-refractivity contribution in [3.63, 3.8) is 0 Å². The highest BCUT2D eigenvalue weighted by Crippen LogP contribution is 2.22. The zero-order valence-electron chi connectivity index (χ0n) is 11.9. The van der Waals surface area contributed by atoms with Crippen LogP contribution in [-0.4, -0.2) is 31.2 Å². The second-order valence-corrected chi connectivity index (χ2v) is 5.73. The van der Waals surface area contributed by atoms with E-state index in [-0.39, 0.29) is 24.1 Å². The molecule has 1 saturated carbocycles. The van der Waals surface area contributed by atoms with Crippen molar-refractivity contribution in [3.8, 4) is 0 Å². The van der Waals surface area contributed by atoms with E-state index in [2.05, 4.69) is 22.8 Å². The van der Waals surface area contributed by atoms with Crippen molar-refractivity contribution in [3.05, 3.63) is 35.4 Å². The van der Waals surface area contributed by atoms with Crippen molar-refractivity contribution >= 4 is 5.91 Å². The van der Waals surface area contributed by atoms with Crippen molar-refractivity contribution in [1.29, 1.82) is 0 Å². The molecule has 2 aliphatic rings. The fourth-order valence-corrected chi connectivity index (χ4v) is 3.30. The number of amides is 1. The number of hydrogen-bond acceptors (Lipinski definition) is 3. The van der Waals surface area contributed by atoms with Crippen LogP contribution in [0.2, 0.25) is 0 Å². The van der Waals surface area contributed by atoms with E-state index in [0.29, 0.717) is 0 Å². The molecule has 0 radical (unpaired) electrons. The first-order chi connectivity index (χ1) is 9.78. The van der Waals surface area contributed by atoms with E-state index in [1.807, 2.05) is 12.1 Å². The quantitative estimate of drug-likeness (QED) is 0.875. The number of nitrogens with one attached hydrogen (secondary N) is 2. The summed E-state index contributed by atoms with van der Waals surface area (Å²) in [4.78, 5) is 12.4. The van der Waals surface area contributed by atoms with Crippen molar-refractivity contribution < 1.29 is 9.53 Å². The molecule has 1 amide bonds. The average molecular weight is 274 g/mol. The van der Waals surface area contributed by atoms with Gasteiger partial charge >= 0.3 is 0 Å². The molecule has 0 bridgehead atoms. The zero-order valence-corrected chi connectivity index (χ0v) is 11.9. The van der Waals surface area contributed by atoms with Crippen LogP contribution < -0.4 is 10.6 Å². The van der Waals surface area contributed by atoms with Crippen LogP contribution in [0.15, 0.2) is 24.3 Å². The molecule has 3 rings (SSSR count). The Labute approximate surface area is 119 Å². The molecule has 0 aromatic heterocycles. The fraction of sp³-hybridized carbons (Fsp3) is 0.562. The number of rotatable bonds is 3. The number of benzene rings is 1. The van der Waals surface area contributed by atoms with Gasteiger partial charge in [0.15, 0.2) is 0 Å². The van der Waals surface area contributed by atoms with E-state index in [1.165, 1.54) is 11.1 Å². The predicted octanol–water partition coefficient (Wildman–Crippen LogP) is 1.38. The highest BCUT2D eigenvalue weighted by Gasteiger charge is 2.31. The molecule has 4 nitrogen and oxygen atoms in total. The number of fused-ring (bicyclic) bond motifs is 1. The highest BCUT2D eigenvalue weighted by atomic mass is 16.5. The molecule has 0 spiro atoms. The smallest absolute Gasteiger partial charge is 0.237 e. The number of ether oxygens (including phenoxy) is 1. The maximum absolute atomic E-state index is 12.4. The zero-order chi connectivity index (χ0) is 13.9. The first kappa shape index (κ1) is 13.6. The molecule has 1 aromatic carbocycles. The van der Waals surface area contributed by atoms with Gasteiger partial charge in [-0.3, -0.25) is 4.79 Å². The molecule has 108 valence electrons. The molecule has 0 saturated heterocycles. The molecule has 1 fully saturated rings. The van der Waals surface area contributed by atoms with Gasteiger partial charge in [0.2, 0.25) is 5.91 Å². The lowest BCUT2D eigenvalue weighted by Gasteiger charge is -2.28. The summed E-state index contributed by atoms with van der Waals surface area (Å²) in [5.74, 6) is 0.105. The lowest BCUT2D eigenvalue weighted by molar-refractivity contribution is -0.124. The van der Waals surface area contributed by atoms with Crippen molar-refractivity contribution in [1.82, 2.24) is 10.6 Å². The van der Waals surface area contributed by atoms with Crippen LogP contribution in [0.4, 0.5) is 0 Å². The van der Waals surface area contributed by atoms with Crippen LogP contribution in [0.5, 0.6) is 0 Å².